The molecule has 96 valence electrons. The molecular weight excluding hydrogens is 238 g/mol. The number of rotatable bonds is 3. The van der Waals surface area contributed by atoms with Crippen LogP contribution in [0.1, 0.15) is 10.4 Å². The number of ether oxygens (including phenoxy) is 2. The zero-order valence-electron chi connectivity index (χ0n) is 9.56. The first-order valence-electron chi connectivity index (χ1n) is 5.38. The zero-order valence-corrected chi connectivity index (χ0v) is 9.56. The number of benzene rings is 1. The minimum Gasteiger partial charge on any atom is -0.486 e. The van der Waals surface area contributed by atoms with E-state index in [0.29, 0.717) is 30.3 Å². The second-order valence-corrected chi connectivity index (χ2v) is 3.61. The van der Waals surface area contributed by atoms with Crippen LogP contribution in [0.25, 0.3) is 0 Å². The number of hydrogen-bond acceptors (Lipinski definition) is 5. The van der Waals surface area contributed by atoms with Gasteiger partial charge >= 0.3 is 0 Å². The molecule has 7 nitrogen and oxygen atoms in total. The Kier molecular flexibility index (Phi) is 3.63. The fourth-order valence-electron chi connectivity index (χ4n) is 1.50. The van der Waals surface area contributed by atoms with E-state index in [9.17, 15) is 9.59 Å². The summed E-state index contributed by atoms with van der Waals surface area (Å²) in [6, 6.07) is 4.83. The van der Waals surface area contributed by atoms with Crippen molar-refractivity contribution >= 4 is 11.8 Å². The molecule has 0 atom stereocenters. The molecule has 18 heavy (non-hydrogen) atoms. The Morgan fingerprint density at radius 1 is 1.22 bits per heavy atom. The number of carbonyl (C=O) groups excluding carboxylic acids is 2. The van der Waals surface area contributed by atoms with Crippen LogP contribution in [-0.4, -0.2) is 31.6 Å². The average molecular weight is 251 g/mol. The molecule has 0 aliphatic carbocycles. The van der Waals surface area contributed by atoms with Crippen molar-refractivity contribution in [3.8, 4) is 11.5 Å². The monoisotopic (exact) mass is 251 g/mol. The number of hydrazine groups is 1. The van der Waals surface area contributed by atoms with Crippen molar-refractivity contribution in [1.82, 2.24) is 10.7 Å². The standard InChI is InChI=1S/C11H13N3O4/c12-14-10(15)6-13-11(16)7-1-2-8-9(5-7)18-4-3-17-8/h1-2,5H,3-4,6,12H2,(H,13,16)(H,14,15). The van der Waals surface area contributed by atoms with Gasteiger partial charge < -0.3 is 14.8 Å². The first-order valence-corrected chi connectivity index (χ1v) is 5.38. The van der Waals surface area contributed by atoms with Gasteiger partial charge in [0.05, 0.1) is 6.54 Å². The summed E-state index contributed by atoms with van der Waals surface area (Å²) in [5.41, 5.74) is 2.32. The van der Waals surface area contributed by atoms with Gasteiger partial charge in [-0.15, -0.1) is 0 Å². The van der Waals surface area contributed by atoms with Crippen LogP contribution in [0.5, 0.6) is 11.5 Å². The fourth-order valence-corrected chi connectivity index (χ4v) is 1.50. The molecule has 0 saturated heterocycles. The van der Waals surface area contributed by atoms with Gasteiger partial charge in [0.2, 0.25) is 0 Å². The first-order chi connectivity index (χ1) is 8.70. The predicted octanol–water partition coefficient (Wildman–Crippen LogP) is -0.823. The van der Waals surface area contributed by atoms with Crippen molar-refractivity contribution in [3.63, 3.8) is 0 Å². The molecule has 0 radical (unpaired) electrons. The molecule has 1 aliphatic rings. The normalized spacial score (nSPS) is 12.7. The van der Waals surface area contributed by atoms with E-state index >= 15 is 0 Å². The van der Waals surface area contributed by atoms with Gasteiger partial charge in [0.1, 0.15) is 13.2 Å². The van der Waals surface area contributed by atoms with Gasteiger partial charge in [-0.3, -0.25) is 15.0 Å². The molecule has 1 heterocycles. The van der Waals surface area contributed by atoms with E-state index in [2.05, 4.69) is 5.32 Å². The molecule has 7 heteroatoms. The van der Waals surface area contributed by atoms with Crippen LogP contribution in [0.3, 0.4) is 0 Å². The average Bonchev–Trinajstić information content (AvgIpc) is 2.43. The van der Waals surface area contributed by atoms with Crippen LogP contribution < -0.4 is 26.1 Å². The van der Waals surface area contributed by atoms with Crippen LogP contribution in [0.4, 0.5) is 0 Å². The maximum Gasteiger partial charge on any atom is 0.253 e. The third kappa shape index (κ3) is 2.69. The Morgan fingerprint density at radius 3 is 2.67 bits per heavy atom. The van der Waals surface area contributed by atoms with Gasteiger partial charge in [-0.25, -0.2) is 5.84 Å². The van der Waals surface area contributed by atoms with E-state index < -0.39 is 5.91 Å². The van der Waals surface area contributed by atoms with Crippen LogP contribution in [0, 0.1) is 0 Å². The summed E-state index contributed by atoms with van der Waals surface area (Å²) in [5, 5.41) is 2.43. The summed E-state index contributed by atoms with van der Waals surface area (Å²) in [7, 11) is 0. The summed E-state index contributed by atoms with van der Waals surface area (Å²) in [6.45, 7) is 0.770. The summed E-state index contributed by atoms with van der Waals surface area (Å²) in [5.74, 6) is 5.18. The van der Waals surface area contributed by atoms with Gasteiger partial charge in [0.25, 0.3) is 11.8 Å². The summed E-state index contributed by atoms with van der Waals surface area (Å²) >= 11 is 0. The maximum atomic E-state index is 11.7. The molecule has 0 unspecified atom stereocenters. The number of amides is 2. The number of nitrogens with one attached hydrogen (secondary N) is 2. The number of hydrogen-bond donors (Lipinski definition) is 3. The van der Waals surface area contributed by atoms with Crippen molar-refractivity contribution in [2.24, 2.45) is 5.84 Å². The van der Waals surface area contributed by atoms with Gasteiger partial charge in [-0.05, 0) is 18.2 Å². The minimum absolute atomic E-state index is 0.177. The number of carbonyl (C=O) groups is 2. The topological polar surface area (TPSA) is 103 Å². The molecule has 0 fully saturated rings. The Labute approximate surface area is 103 Å². The lowest BCUT2D eigenvalue weighted by Gasteiger charge is -2.18. The largest absolute Gasteiger partial charge is 0.486 e. The van der Waals surface area contributed by atoms with Crippen molar-refractivity contribution in [2.45, 2.75) is 0 Å². The van der Waals surface area contributed by atoms with Crippen molar-refractivity contribution in [3.05, 3.63) is 23.8 Å². The first kappa shape index (κ1) is 12.2. The zero-order chi connectivity index (χ0) is 13.0. The van der Waals surface area contributed by atoms with Gasteiger partial charge in [-0.2, -0.15) is 0 Å². The highest BCUT2D eigenvalue weighted by Crippen LogP contribution is 2.30. The predicted molar refractivity (Wildman–Crippen MR) is 62.1 cm³/mol. The molecule has 1 aromatic carbocycles. The second kappa shape index (κ2) is 5.37. The minimum atomic E-state index is -0.471. The SMILES string of the molecule is NNC(=O)CNC(=O)c1ccc2c(c1)OCCO2. The van der Waals surface area contributed by atoms with Gasteiger partial charge in [0.15, 0.2) is 11.5 Å². The van der Waals surface area contributed by atoms with Crippen molar-refractivity contribution in [2.75, 3.05) is 19.8 Å². The smallest absolute Gasteiger partial charge is 0.253 e. The molecule has 0 saturated carbocycles. The highest BCUT2D eigenvalue weighted by atomic mass is 16.6. The fraction of sp³-hybridized carbons (Fsp3) is 0.273. The van der Waals surface area contributed by atoms with E-state index in [1.165, 1.54) is 0 Å². The van der Waals surface area contributed by atoms with Crippen LogP contribution >= 0.6 is 0 Å². The lowest BCUT2D eigenvalue weighted by atomic mass is 10.2. The lowest BCUT2D eigenvalue weighted by molar-refractivity contribution is -0.120. The van der Waals surface area contributed by atoms with E-state index in [1.807, 2.05) is 5.43 Å². The molecule has 0 bridgehead atoms. The van der Waals surface area contributed by atoms with Gasteiger partial charge in [-0.1, -0.05) is 0 Å². The molecule has 1 aliphatic heterocycles. The molecule has 0 spiro atoms. The van der Waals surface area contributed by atoms with Crippen LogP contribution in [-0.2, 0) is 4.79 Å². The quantitative estimate of drug-likeness (QED) is 0.370. The molecule has 1 aromatic rings. The van der Waals surface area contributed by atoms with Crippen molar-refractivity contribution in [1.29, 1.82) is 0 Å². The Hall–Kier alpha value is -2.28. The highest BCUT2D eigenvalue weighted by molar-refractivity contribution is 5.97. The molecule has 0 aromatic heterocycles. The third-order valence-corrected chi connectivity index (χ3v) is 2.37. The molecule has 2 amide bonds. The number of nitrogens with two attached hydrogens (primary N) is 1. The molecular formula is C11H13N3O4. The summed E-state index contributed by atoms with van der Waals surface area (Å²) < 4.78 is 10.7. The molecule has 2 rings (SSSR count). The van der Waals surface area contributed by atoms with E-state index in [0.717, 1.165) is 0 Å². The number of fused-ring (bicyclic) bond motifs is 1. The second-order valence-electron chi connectivity index (χ2n) is 3.61. The lowest BCUT2D eigenvalue weighted by Crippen LogP contribution is -2.40. The Bertz CT molecular complexity index is 475. The van der Waals surface area contributed by atoms with Crippen molar-refractivity contribution < 1.29 is 19.1 Å². The highest BCUT2D eigenvalue weighted by Gasteiger charge is 2.15. The van der Waals surface area contributed by atoms with Crippen LogP contribution in [0.2, 0.25) is 0 Å². The Morgan fingerprint density at radius 2 is 1.94 bits per heavy atom. The van der Waals surface area contributed by atoms with E-state index in [1.54, 1.807) is 18.2 Å². The van der Waals surface area contributed by atoms with E-state index in [4.69, 9.17) is 15.3 Å². The summed E-state index contributed by atoms with van der Waals surface area (Å²) in [6.07, 6.45) is 0. The van der Waals surface area contributed by atoms with Gasteiger partial charge in [0, 0.05) is 5.56 Å². The summed E-state index contributed by atoms with van der Waals surface area (Å²) in [4.78, 5) is 22.6. The Balaban J connectivity index is 2.04. The maximum absolute atomic E-state index is 11.7. The molecule has 4 N–H and O–H groups in total. The van der Waals surface area contributed by atoms with Crippen LogP contribution in [0.15, 0.2) is 18.2 Å². The van der Waals surface area contributed by atoms with E-state index in [-0.39, 0.29) is 12.5 Å². The third-order valence-electron chi connectivity index (χ3n) is 2.37.